The molecule has 3 heteroatoms. The molecule has 2 aromatic carbocycles. The van der Waals surface area contributed by atoms with Crippen LogP contribution >= 0.6 is 0 Å². The summed E-state index contributed by atoms with van der Waals surface area (Å²) < 4.78 is 13.3. The van der Waals surface area contributed by atoms with Crippen molar-refractivity contribution in [1.82, 2.24) is 0 Å². The molecule has 0 saturated heterocycles. The van der Waals surface area contributed by atoms with Gasteiger partial charge in [0.2, 0.25) is 0 Å². The molecule has 0 bridgehead atoms. The number of benzene rings is 2. The van der Waals surface area contributed by atoms with Crippen LogP contribution in [-0.2, 0) is 6.42 Å². The summed E-state index contributed by atoms with van der Waals surface area (Å²) >= 11 is 0. The minimum Gasteiger partial charge on any atom is -0.478 e. The number of carboxylic acid groups (broad SMARTS) is 1. The quantitative estimate of drug-likeness (QED) is 0.868. The zero-order valence-electron chi connectivity index (χ0n) is 11.4. The van der Waals surface area contributed by atoms with E-state index in [-0.39, 0.29) is 11.4 Å². The van der Waals surface area contributed by atoms with E-state index >= 15 is 0 Å². The fraction of sp³-hybridized carbons (Fsp3) is 0.235. The Bertz CT molecular complexity index is 620. The van der Waals surface area contributed by atoms with Crippen LogP contribution in [0.5, 0.6) is 0 Å². The van der Waals surface area contributed by atoms with Crippen LogP contribution in [0.15, 0.2) is 42.5 Å². The zero-order chi connectivity index (χ0) is 14.5. The van der Waals surface area contributed by atoms with Gasteiger partial charge >= 0.3 is 5.97 Å². The van der Waals surface area contributed by atoms with Crippen LogP contribution in [0.1, 0.15) is 35.7 Å². The number of aromatic carboxylic acids is 1. The molecule has 104 valence electrons. The SMILES string of the molecule is CCCCc1ccc(C(=O)O)c(-c2cccc(F)c2)c1. The highest BCUT2D eigenvalue weighted by atomic mass is 19.1. The van der Waals surface area contributed by atoms with Gasteiger partial charge in [0.25, 0.3) is 0 Å². The van der Waals surface area contributed by atoms with Crippen molar-refractivity contribution in [2.75, 3.05) is 0 Å². The molecule has 0 unspecified atom stereocenters. The topological polar surface area (TPSA) is 37.3 Å². The number of carbonyl (C=O) groups is 1. The Morgan fingerprint density at radius 3 is 2.65 bits per heavy atom. The molecule has 0 atom stereocenters. The summed E-state index contributed by atoms with van der Waals surface area (Å²) in [6, 6.07) is 11.3. The molecule has 2 rings (SSSR count). The average Bonchev–Trinajstić information content (AvgIpc) is 2.44. The smallest absolute Gasteiger partial charge is 0.336 e. The molecule has 0 radical (unpaired) electrons. The lowest BCUT2D eigenvalue weighted by atomic mass is 9.95. The van der Waals surface area contributed by atoms with Gasteiger partial charge in [-0.15, -0.1) is 0 Å². The minimum atomic E-state index is -0.994. The second-order valence-corrected chi connectivity index (χ2v) is 4.80. The molecule has 0 spiro atoms. The van der Waals surface area contributed by atoms with E-state index in [4.69, 9.17) is 0 Å². The summed E-state index contributed by atoms with van der Waals surface area (Å²) in [6.07, 6.45) is 3.03. The number of carboxylic acids is 1. The second kappa shape index (κ2) is 6.33. The van der Waals surface area contributed by atoms with Gasteiger partial charge in [0, 0.05) is 0 Å². The largest absolute Gasteiger partial charge is 0.478 e. The summed E-state index contributed by atoms with van der Waals surface area (Å²) in [5.41, 5.74) is 2.46. The Morgan fingerprint density at radius 1 is 1.20 bits per heavy atom. The van der Waals surface area contributed by atoms with Crippen molar-refractivity contribution >= 4 is 5.97 Å². The van der Waals surface area contributed by atoms with Crippen molar-refractivity contribution in [3.8, 4) is 11.1 Å². The summed E-state index contributed by atoms with van der Waals surface area (Å²) in [7, 11) is 0. The molecule has 0 aliphatic rings. The number of halogens is 1. The molecule has 0 aliphatic carbocycles. The van der Waals surface area contributed by atoms with Crippen LogP contribution in [0.2, 0.25) is 0 Å². The first-order valence-electron chi connectivity index (χ1n) is 6.74. The van der Waals surface area contributed by atoms with Crippen LogP contribution in [0.25, 0.3) is 11.1 Å². The van der Waals surface area contributed by atoms with Gasteiger partial charge in [-0.1, -0.05) is 37.6 Å². The molecule has 0 heterocycles. The maximum absolute atomic E-state index is 13.3. The summed E-state index contributed by atoms with van der Waals surface area (Å²) in [4.78, 5) is 11.3. The van der Waals surface area contributed by atoms with Gasteiger partial charge in [-0.05, 0) is 47.7 Å². The highest BCUT2D eigenvalue weighted by Crippen LogP contribution is 2.26. The third-order valence-corrected chi connectivity index (χ3v) is 3.27. The van der Waals surface area contributed by atoms with Gasteiger partial charge in [0.15, 0.2) is 0 Å². The Hall–Kier alpha value is -2.16. The van der Waals surface area contributed by atoms with Crippen molar-refractivity contribution in [3.63, 3.8) is 0 Å². The first-order chi connectivity index (χ1) is 9.61. The highest BCUT2D eigenvalue weighted by Gasteiger charge is 2.12. The molecule has 0 aromatic heterocycles. The van der Waals surface area contributed by atoms with Gasteiger partial charge in [0.05, 0.1) is 5.56 Å². The first kappa shape index (κ1) is 14.3. The Labute approximate surface area is 117 Å². The van der Waals surface area contributed by atoms with Crippen molar-refractivity contribution in [1.29, 1.82) is 0 Å². The van der Waals surface area contributed by atoms with Gasteiger partial charge in [-0.3, -0.25) is 0 Å². The summed E-state index contributed by atoms with van der Waals surface area (Å²) in [5.74, 6) is -1.36. The van der Waals surface area contributed by atoms with Gasteiger partial charge in [0.1, 0.15) is 5.82 Å². The van der Waals surface area contributed by atoms with Crippen molar-refractivity contribution in [2.24, 2.45) is 0 Å². The Kier molecular flexibility index (Phi) is 4.51. The lowest BCUT2D eigenvalue weighted by Crippen LogP contribution is -2.01. The molecule has 0 aliphatic heterocycles. The van der Waals surface area contributed by atoms with E-state index in [0.717, 1.165) is 24.8 Å². The van der Waals surface area contributed by atoms with Gasteiger partial charge < -0.3 is 5.11 Å². The van der Waals surface area contributed by atoms with Crippen LogP contribution in [-0.4, -0.2) is 11.1 Å². The molecule has 2 nitrogen and oxygen atoms in total. The molecule has 20 heavy (non-hydrogen) atoms. The maximum atomic E-state index is 13.3. The van der Waals surface area contributed by atoms with Crippen molar-refractivity contribution in [2.45, 2.75) is 26.2 Å². The highest BCUT2D eigenvalue weighted by molar-refractivity contribution is 5.96. The fourth-order valence-electron chi connectivity index (χ4n) is 2.21. The number of rotatable bonds is 5. The van der Waals surface area contributed by atoms with E-state index in [1.807, 2.05) is 12.1 Å². The monoisotopic (exact) mass is 272 g/mol. The maximum Gasteiger partial charge on any atom is 0.336 e. The van der Waals surface area contributed by atoms with E-state index in [0.29, 0.717) is 11.1 Å². The predicted molar refractivity (Wildman–Crippen MR) is 77.4 cm³/mol. The fourth-order valence-corrected chi connectivity index (χ4v) is 2.21. The van der Waals surface area contributed by atoms with Crippen LogP contribution in [0.4, 0.5) is 4.39 Å². The van der Waals surface area contributed by atoms with Crippen molar-refractivity contribution < 1.29 is 14.3 Å². The van der Waals surface area contributed by atoms with Gasteiger partial charge in [-0.2, -0.15) is 0 Å². The van der Waals surface area contributed by atoms with Gasteiger partial charge in [-0.25, -0.2) is 9.18 Å². The lowest BCUT2D eigenvalue weighted by Gasteiger charge is -2.09. The first-order valence-corrected chi connectivity index (χ1v) is 6.74. The molecule has 0 fully saturated rings. The second-order valence-electron chi connectivity index (χ2n) is 4.80. The summed E-state index contributed by atoms with van der Waals surface area (Å²) in [5, 5.41) is 9.27. The summed E-state index contributed by atoms with van der Waals surface area (Å²) in [6.45, 7) is 2.11. The normalized spacial score (nSPS) is 10.5. The Balaban J connectivity index is 2.49. The lowest BCUT2D eigenvalue weighted by molar-refractivity contribution is 0.0697. The molecule has 0 amide bonds. The van der Waals surface area contributed by atoms with Crippen LogP contribution in [0.3, 0.4) is 0 Å². The van der Waals surface area contributed by atoms with Crippen molar-refractivity contribution in [3.05, 3.63) is 59.4 Å². The van der Waals surface area contributed by atoms with E-state index in [1.165, 1.54) is 12.1 Å². The van der Waals surface area contributed by atoms with E-state index in [9.17, 15) is 14.3 Å². The molecule has 2 aromatic rings. The third-order valence-electron chi connectivity index (χ3n) is 3.27. The van der Waals surface area contributed by atoms with Crippen LogP contribution < -0.4 is 0 Å². The van der Waals surface area contributed by atoms with E-state index in [1.54, 1.807) is 18.2 Å². The number of aryl methyl sites for hydroxylation is 1. The number of hydrogen-bond donors (Lipinski definition) is 1. The number of hydrogen-bond acceptors (Lipinski definition) is 1. The van der Waals surface area contributed by atoms with E-state index in [2.05, 4.69) is 6.92 Å². The third kappa shape index (κ3) is 3.23. The predicted octanol–water partition coefficient (Wildman–Crippen LogP) is 4.53. The zero-order valence-corrected chi connectivity index (χ0v) is 11.4. The molecular formula is C17H17FO2. The minimum absolute atomic E-state index is 0.204. The number of unbranched alkanes of at least 4 members (excludes halogenated alkanes) is 1. The molecule has 0 saturated carbocycles. The molecular weight excluding hydrogens is 255 g/mol. The standard InChI is InChI=1S/C17H17FO2/c1-2-3-5-12-8-9-15(17(19)20)16(10-12)13-6-4-7-14(18)11-13/h4,6-11H,2-3,5H2,1H3,(H,19,20). The van der Waals surface area contributed by atoms with Crippen LogP contribution in [0, 0.1) is 5.82 Å². The van der Waals surface area contributed by atoms with E-state index < -0.39 is 5.97 Å². The molecule has 1 N–H and O–H groups in total. The Morgan fingerprint density at radius 2 is 2.00 bits per heavy atom. The average molecular weight is 272 g/mol.